The maximum Gasteiger partial charge on any atom is 0.175 e. The fourth-order valence-corrected chi connectivity index (χ4v) is 2.99. The first-order valence-corrected chi connectivity index (χ1v) is 9.07. The molecule has 0 aliphatic rings. The number of hydrogen-bond acceptors (Lipinski definition) is 4. The van der Waals surface area contributed by atoms with Crippen LogP contribution in [0.5, 0.6) is 0 Å². The molecule has 0 saturated heterocycles. The van der Waals surface area contributed by atoms with Gasteiger partial charge in [0.25, 0.3) is 0 Å². The first-order valence-electron chi connectivity index (χ1n) is 5.59. The van der Waals surface area contributed by atoms with Crippen molar-refractivity contribution in [2.75, 3.05) is 17.3 Å². The van der Waals surface area contributed by atoms with Crippen LogP contribution in [0.25, 0.3) is 0 Å². The molecule has 2 aromatic carbocycles. The maximum atomic E-state index is 11.5. The quantitative estimate of drug-likeness (QED) is 0.739. The molecule has 7 heteroatoms. The normalized spacial score (nSPS) is 11.3. The number of halogens is 2. The molecule has 0 atom stereocenters. The van der Waals surface area contributed by atoms with Gasteiger partial charge in [0.15, 0.2) is 9.84 Å². The smallest absolute Gasteiger partial charge is 0.175 e. The van der Waals surface area contributed by atoms with Gasteiger partial charge in [-0.15, -0.1) is 0 Å². The summed E-state index contributed by atoms with van der Waals surface area (Å²) in [5.74, 6) is 0. The molecule has 0 aliphatic heterocycles. The van der Waals surface area contributed by atoms with E-state index in [9.17, 15) is 8.42 Å². The SMILES string of the molecule is CS(=O)(=O)c1ccc(Nc2cc(Br)ccc2Br)c(N)c1. The zero-order chi connectivity index (χ0) is 14.9. The van der Waals surface area contributed by atoms with Gasteiger partial charge in [0.1, 0.15) is 0 Å². The highest BCUT2D eigenvalue weighted by Crippen LogP contribution is 2.32. The standard InChI is InChI=1S/C13H12Br2N2O2S/c1-20(18,19)9-3-5-12(11(16)7-9)17-13-6-8(14)2-4-10(13)15/h2-7,17H,16H2,1H3. The summed E-state index contributed by atoms with van der Waals surface area (Å²) in [7, 11) is -3.25. The first kappa shape index (κ1) is 15.3. The molecule has 0 bridgehead atoms. The summed E-state index contributed by atoms with van der Waals surface area (Å²) in [6, 6.07) is 10.3. The van der Waals surface area contributed by atoms with Crippen molar-refractivity contribution in [1.82, 2.24) is 0 Å². The van der Waals surface area contributed by atoms with Gasteiger partial charge in [0, 0.05) is 15.2 Å². The Morgan fingerprint density at radius 1 is 1.05 bits per heavy atom. The van der Waals surface area contributed by atoms with E-state index in [0.717, 1.165) is 20.9 Å². The van der Waals surface area contributed by atoms with Gasteiger partial charge in [0.2, 0.25) is 0 Å². The first-order chi connectivity index (χ1) is 9.27. The van der Waals surface area contributed by atoms with E-state index in [2.05, 4.69) is 37.2 Å². The van der Waals surface area contributed by atoms with Gasteiger partial charge in [-0.1, -0.05) is 15.9 Å². The van der Waals surface area contributed by atoms with Gasteiger partial charge in [-0.3, -0.25) is 0 Å². The zero-order valence-corrected chi connectivity index (χ0v) is 14.5. The number of nitrogens with one attached hydrogen (secondary N) is 1. The van der Waals surface area contributed by atoms with Gasteiger partial charge < -0.3 is 11.1 Å². The second-order valence-electron chi connectivity index (χ2n) is 4.27. The Kier molecular flexibility index (Phi) is 4.41. The third-order valence-electron chi connectivity index (χ3n) is 2.65. The topological polar surface area (TPSA) is 72.2 Å². The summed E-state index contributed by atoms with van der Waals surface area (Å²) in [5.41, 5.74) is 7.76. The Morgan fingerprint density at radius 2 is 1.75 bits per heavy atom. The lowest BCUT2D eigenvalue weighted by molar-refractivity contribution is 0.602. The van der Waals surface area contributed by atoms with E-state index in [1.807, 2.05) is 18.2 Å². The van der Waals surface area contributed by atoms with Crippen molar-refractivity contribution in [2.45, 2.75) is 4.90 Å². The second-order valence-corrected chi connectivity index (χ2v) is 8.06. The molecular weight excluding hydrogens is 408 g/mol. The lowest BCUT2D eigenvalue weighted by atomic mass is 10.2. The predicted molar refractivity (Wildman–Crippen MR) is 89.1 cm³/mol. The van der Waals surface area contributed by atoms with Crippen LogP contribution >= 0.6 is 31.9 Å². The summed E-state index contributed by atoms with van der Waals surface area (Å²) in [6.07, 6.45) is 1.15. The largest absolute Gasteiger partial charge is 0.397 e. The Bertz CT molecular complexity index is 761. The van der Waals surface area contributed by atoms with Crippen LogP contribution in [0.4, 0.5) is 17.1 Å². The summed E-state index contributed by atoms with van der Waals surface area (Å²) in [5, 5.41) is 3.16. The number of nitrogens with two attached hydrogens (primary N) is 1. The number of rotatable bonds is 3. The molecule has 0 heterocycles. The van der Waals surface area contributed by atoms with Gasteiger partial charge in [-0.05, 0) is 52.3 Å². The van der Waals surface area contributed by atoms with Gasteiger partial charge in [0.05, 0.1) is 22.0 Å². The predicted octanol–water partition coefficient (Wildman–Crippen LogP) is 3.94. The molecule has 0 unspecified atom stereocenters. The molecule has 0 aliphatic carbocycles. The highest BCUT2D eigenvalue weighted by atomic mass is 79.9. The maximum absolute atomic E-state index is 11.5. The Labute approximate surface area is 134 Å². The Morgan fingerprint density at radius 3 is 2.35 bits per heavy atom. The van der Waals surface area contributed by atoms with Crippen LogP contribution in [0.15, 0.2) is 50.2 Å². The van der Waals surface area contributed by atoms with Crippen molar-refractivity contribution in [3.05, 3.63) is 45.3 Å². The molecule has 0 radical (unpaired) electrons. The van der Waals surface area contributed by atoms with E-state index in [4.69, 9.17) is 5.73 Å². The molecule has 0 amide bonds. The summed E-state index contributed by atoms with van der Waals surface area (Å²) in [6.45, 7) is 0. The number of sulfone groups is 1. The highest BCUT2D eigenvalue weighted by molar-refractivity contribution is 9.11. The van der Waals surface area contributed by atoms with Crippen molar-refractivity contribution in [3.63, 3.8) is 0 Å². The van der Waals surface area contributed by atoms with Gasteiger partial charge >= 0.3 is 0 Å². The molecule has 106 valence electrons. The van der Waals surface area contributed by atoms with Crippen LogP contribution < -0.4 is 11.1 Å². The number of benzene rings is 2. The number of nitrogen functional groups attached to an aromatic ring is 1. The van der Waals surface area contributed by atoms with E-state index in [0.29, 0.717) is 11.4 Å². The van der Waals surface area contributed by atoms with Crippen LogP contribution in [-0.4, -0.2) is 14.7 Å². The molecular formula is C13H12Br2N2O2S. The summed E-state index contributed by atoms with van der Waals surface area (Å²) < 4.78 is 24.7. The second kappa shape index (κ2) is 5.75. The zero-order valence-electron chi connectivity index (χ0n) is 10.5. The number of hydrogen-bond donors (Lipinski definition) is 2. The molecule has 4 nitrogen and oxygen atoms in total. The Hall–Kier alpha value is -1.05. The molecule has 0 saturated carbocycles. The van der Waals surface area contributed by atoms with E-state index >= 15 is 0 Å². The number of anilines is 3. The van der Waals surface area contributed by atoms with Crippen molar-refractivity contribution < 1.29 is 8.42 Å². The third kappa shape index (κ3) is 3.53. The molecule has 0 aromatic heterocycles. The van der Waals surface area contributed by atoms with Crippen LogP contribution in [0.2, 0.25) is 0 Å². The van der Waals surface area contributed by atoms with E-state index in [1.165, 1.54) is 12.1 Å². The fraction of sp³-hybridized carbons (Fsp3) is 0.0769. The van der Waals surface area contributed by atoms with E-state index < -0.39 is 9.84 Å². The third-order valence-corrected chi connectivity index (χ3v) is 4.94. The molecule has 0 spiro atoms. The van der Waals surface area contributed by atoms with Gasteiger partial charge in [-0.25, -0.2) is 8.42 Å². The lowest BCUT2D eigenvalue weighted by Crippen LogP contribution is -2.01. The fourth-order valence-electron chi connectivity index (χ4n) is 1.62. The van der Waals surface area contributed by atoms with Crippen LogP contribution in [-0.2, 0) is 9.84 Å². The van der Waals surface area contributed by atoms with Crippen LogP contribution in [0, 0.1) is 0 Å². The average Bonchev–Trinajstić information content (AvgIpc) is 2.35. The minimum absolute atomic E-state index is 0.203. The molecule has 3 N–H and O–H groups in total. The molecule has 2 aromatic rings. The Balaban J connectivity index is 2.38. The minimum Gasteiger partial charge on any atom is -0.397 e. The van der Waals surface area contributed by atoms with Crippen molar-refractivity contribution in [2.24, 2.45) is 0 Å². The van der Waals surface area contributed by atoms with Crippen LogP contribution in [0.3, 0.4) is 0 Å². The van der Waals surface area contributed by atoms with Crippen molar-refractivity contribution in [1.29, 1.82) is 0 Å². The molecule has 2 rings (SSSR count). The van der Waals surface area contributed by atoms with Crippen molar-refractivity contribution in [3.8, 4) is 0 Å². The van der Waals surface area contributed by atoms with E-state index in [1.54, 1.807) is 6.07 Å². The molecule has 0 fully saturated rings. The van der Waals surface area contributed by atoms with Crippen LogP contribution in [0.1, 0.15) is 0 Å². The van der Waals surface area contributed by atoms with Gasteiger partial charge in [-0.2, -0.15) is 0 Å². The minimum atomic E-state index is -3.25. The van der Waals surface area contributed by atoms with Crippen molar-refractivity contribution >= 4 is 58.8 Å². The molecule has 20 heavy (non-hydrogen) atoms. The lowest BCUT2D eigenvalue weighted by Gasteiger charge is -2.12. The summed E-state index contributed by atoms with van der Waals surface area (Å²) >= 11 is 6.83. The average molecular weight is 420 g/mol. The summed E-state index contributed by atoms with van der Waals surface area (Å²) in [4.78, 5) is 0.203. The highest BCUT2D eigenvalue weighted by Gasteiger charge is 2.10. The van der Waals surface area contributed by atoms with E-state index in [-0.39, 0.29) is 4.90 Å². The monoisotopic (exact) mass is 418 g/mol.